The van der Waals surface area contributed by atoms with E-state index < -0.39 is 0 Å². The Kier molecular flexibility index (Phi) is 5.37. The lowest BCUT2D eigenvalue weighted by atomic mass is 9.86. The number of ketones is 1. The zero-order chi connectivity index (χ0) is 16.8. The molecule has 0 aromatic heterocycles. The highest BCUT2D eigenvalue weighted by molar-refractivity contribution is 6.12. The van der Waals surface area contributed by atoms with Gasteiger partial charge in [0.2, 0.25) is 0 Å². The molecule has 24 heavy (non-hydrogen) atoms. The normalized spacial score (nSPS) is 18.5. The van der Waals surface area contributed by atoms with Gasteiger partial charge in [-0.15, -0.1) is 0 Å². The van der Waals surface area contributed by atoms with Gasteiger partial charge in [0.05, 0.1) is 0 Å². The lowest BCUT2D eigenvalue weighted by Crippen LogP contribution is -2.07. The third-order valence-electron chi connectivity index (χ3n) is 4.69. The van der Waals surface area contributed by atoms with Crippen molar-refractivity contribution in [3.63, 3.8) is 0 Å². The van der Waals surface area contributed by atoms with Gasteiger partial charge in [-0.1, -0.05) is 67.4 Å². The molecule has 0 heterocycles. The maximum Gasteiger partial charge on any atom is 0.193 e. The van der Waals surface area contributed by atoms with E-state index in [1.165, 1.54) is 12.8 Å². The van der Waals surface area contributed by atoms with E-state index in [-0.39, 0.29) is 5.78 Å². The summed E-state index contributed by atoms with van der Waals surface area (Å²) in [5.74, 6) is 0.0195. The first-order valence-corrected chi connectivity index (χ1v) is 8.67. The Hall–Kier alpha value is -2.48. The van der Waals surface area contributed by atoms with Crippen molar-refractivity contribution >= 4 is 17.6 Å². The molecule has 0 unspecified atom stereocenters. The summed E-state index contributed by atoms with van der Waals surface area (Å²) in [4.78, 5) is 24.6. The molecule has 0 fully saturated rings. The van der Waals surface area contributed by atoms with Gasteiger partial charge in [-0.3, -0.25) is 9.59 Å². The molecule has 0 spiro atoms. The van der Waals surface area contributed by atoms with Crippen LogP contribution in [0, 0.1) is 0 Å². The monoisotopic (exact) mass is 318 g/mol. The summed E-state index contributed by atoms with van der Waals surface area (Å²) >= 11 is 0. The van der Waals surface area contributed by atoms with Crippen molar-refractivity contribution < 1.29 is 9.59 Å². The Morgan fingerprint density at radius 2 is 1.46 bits per heavy atom. The van der Waals surface area contributed by atoms with Crippen molar-refractivity contribution in [1.29, 1.82) is 0 Å². The fraction of sp³-hybridized carbons (Fsp3) is 0.273. The number of carbonyl (C=O) groups is 2. The number of allylic oxidation sites excluding steroid dienone is 2. The average Bonchev–Trinajstić information content (AvgIpc) is 2.62. The Bertz CT molecular complexity index is 757. The molecule has 0 radical (unpaired) electrons. The Balaban J connectivity index is 2.08. The van der Waals surface area contributed by atoms with Gasteiger partial charge in [0.1, 0.15) is 6.29 Å². The summed E-state index contributed by atoms with van der Waals surface area (Å²) in [6.45, 7) is 0. The van der Waals surface area contributed by atoms with Crippen molar-refractivity contribution in [3.05, 3.63) is 76.9 Å². The third kappa shape index (κ3) is 3.53. The summed E-state index contributed by atoms with van der Waals surface area (Å²) in [5.41, 5.74) is 4.23. The van der Waals surface area contributed by atoms with E-state index >= 15 is 0 Å². The summed E-state index contributed by atoms with van der Waals surface area (Å²) in [6, 6.07) is 17.0. The lowest BCUT2D eigenvalue weighted by molar-refractivity contribution is -0.105. The molecule has 0 bridgehead atoms. The van der Waals surface area contributed by atoms with Crippen molar-refractivity contribution in [1.82, 2.24) is 0 Å². The molecule has 0 N–H and O–H groups in total. The highest BCUT2D eigenvalue weighted by Crippen LogP contribution is 2.32. The van der Waals surface area contributed by atoms with E-state index in [0.29, 0.717) is 11.1 Å². The molecule has 0 saturated heterocycles. The second kappa shape index (κ2) is 7.87. The van der Waals surface area contributed by atoms with Crippen molar-refractivity contribution in [2.75, 3.05) is 0 Å². The van der Waals surface area contributed by atoms with Crippen LogP contribution in [-0.4, -0.2) is 12.1 Å². The number of benzene rings is 2. The Labute approximate surface area is 143 Å². The number of hydrogen-bond acceptors (Lipinski definition) is 2. The van der Waals surface area contributed by atoms with E-state index in [0.717, 1.165) is 48.7 Å². The summed E-state index contributed by atoms with van der Waals surface area (Å²) in [7, 11) is 0. The first kappa shape index (κ1) is 16.4. The second-order valence-electron chi connectivity index (χ2n) is 6.28. The maximum atomic E-state index is 12.9. The molecule has 2 nitrogen and oxygen atoms in total. The fourth-order valence-electron chi connectivity index (χ4n) is 3.41. The molecule has 0 aliphatic heterocycles. The van der Waals surface area contributed by atoms with E-state index in [1.807, 2.05) is 54.6 Å². The molecule has 3 rings (SSSR count). The minimum absolute atomic E-state index is 0.0195. The van der Waals surface area contributed by atoms with Crippen LogP contribution >= 0.6 is 0 Å². The van der Waals surface area contributed by atoms with Crippen LogP contribution in [0.4, 0.5) is 0 Å². The minimum Gasteiger partial charge on any atom is -0.298 e. The van der Waals surface area contributed by atoms with E-state index in [1.54, 1.807) is 0 Å². The number of aldehydes is 1. The summed E-state index contributed by atoms with van der Waals surface area (Å²) in [6.07, 6.45) is 7.15. The summed E-state index contributed by atoms with van der Waals surface area (Å²) < 4.78 is 0. The predicted molar refractivity (Wildman–Crippen MR) is 97.0 cm³/mol. The van der Waals surface area contributed by atoms with Gasteiger partial charge >= 0.3 is 0 Å². The lowest BCUT2D eigenvalue weighted by Gasteiger charge is -2.18. The average molecular weight is 318 g/mol. The number of rotatable bonds is 4. The molecule has 2 aromatic rings. The first-order valence-electron chi connectivity index (χ1n) is 8.67. The molecular weight excluding hydrogens is 296 g/mol. The predicted octanol–water partition coefficient (Wildman–Crippen LogP) is 5.22. The Morgan fingerprint density at radius 3 is 2.21 bits per heavy atom. The van der Waals surface area contributed by atoms with Gasteiger partial charge < -0.3 is 0 Å². The minimum atomic E-state index is 0.0195. The van der Waals surface area contributed by atoms with Crippen LogP contribution in [0.5, 0.6) is 0 Å². The van der Waals surface area contributed by atoms with Crippen molar-refractivity contribution in [3.8, 4) is 0 Å². The molecule has 2 aromatic carbocycles. The van der Waals surface area contributed by atoms with E-state index in [2.05, 4.69) is 0 Å². The van der Waals surface area contributed by atoms with Crippen LogP contribution in [0.25, 0.3) is 5.57 Å². The third-order valence-corrected chi connectivity index (χ3v) is 4.69. The molecule has 2 heteroatoms. The van der Waals surface area contributed by atoms with Gasteiger partial charge in [0.15, 0.2) is 5.78 Å². The van der Waals surface area contributed by atoms with Crippen LogP contribution in [0.15, 0.2) is 60.2 Å². The van der Waals surface area contributed by atoms with E-state index in [4.69, 9.17) is 0 Å². The molecule has 0 atom stereocenters. The molecule has 0 saturated carbocycles. The van der Waals surface area contributed by atoms with Crippen LogP contribution < -0.4 is 0 Å². The van der Waals surface area contributed by atoms with Crippen LogP contribution in [0.1, 0.15) is 60.0 Å². The first-order chi connectivity index (χ1) is 11.8. The SMILES string of the molecule is O=C/C1=C(\c2ccccc2C(=O)c2ccccc2)CCCCCC1. The second-order valence-corrected chi connectivity index (χ2v) is 6.28. The molecule has 122 valence electrons. The van der Waals surface area contributed by atoms with Gasteiger partial charge in [-0.05, 0) is 42.4 Å². The molecular formula is C22H22O2. The van der Waals surface area contributed by atoms with Gasteiger partial charge in [0.25, 0.3) is 0 Å². The topological polar surface area (TPSA) is 34.1 Å². The number of hydrogen-bond donors (Lipinski definition) is 0. The van der Waals surface area contributed by atoms with E-state index in [9.17, 15) is 9.59 Å². The van der Waals surface area contributed by atoms with Crippen LogP contribution in [0.2, 0.25) is 0 Å². The zero-order valence-electron chi connectivity index (χ0n) is 13.8. The fourth-order valence-corrected chi connectivity index (χ4v) is 3.41. The molecule has 1 aliphatic carbocycles. The summed E-state index contributed by atoms with van der Waals surface area (Å²) in [5, 5.41) is 0. The molecule has 1 aliphatic rings. The quantitative estimate of drug-likeness (QED) is 0.572. The largest absolute Gasteiger partial charge is 0.298 e. The molecule has 0 amide bonds. The van der Waals surface area contributed by atoms with Gasteiger partial charge in [-0.25, -0.2) is 0 Å². The van der Waals surface area contributed by atoms with Gasteiger partial charge in [-0.2, -0.15) is 0 Å². The zero-order valence-corrected chi connectivity index (χ0v) is 13.8. The highest BCUT2D eigenvalue weighted by atomic mass is 16.1. The highest BCUT2D eigenvalue weighted by Gasteiger charge is 2.19. The van der Waals surface area contributed by atoms with Crippen LogP contribution in [0.3, 0.4) is 0 Å². The van der Waals surface area contributed by atoms with Crippen LogP contribution in [-0.2, 0) is 4.79 Å². The number of carbonyl (C=O) groups excluding carboxylic acids is 2. The van der Waals surface area contributed by atoms with Crippen molar-refractivity contribution in [2.45, 2.75) is 38.5 Å². The maximum absolute atomic E-state index is 12.9. The standard InChI is InChI=1S/C22H22O2/c23-16-18-12-4-1-2-7-13-19(18)20-14-8-9-15-21(20)22(24)17-10-5-3-6-11-17/h3,5-6,8-11,14-16H,1-2,4,7,12-13H2/b19-18-. The smallest absolute Gasteiger partial charge is 0.193 e. The van der Waals surface area contributed by atoms with Crippen molar-refractivity contribution in [2.24, 2.45) is 0 Å². The Morgan fingerprint density at radius 1 is 0.792 bits per heavy atom. The van der Waals surface area contributed by atoms with Gasteiger partial charge in [0, 0.05) is 11.1 Å².